The Morgan fingerprint density at radius 1 is 1.25 bits per heavy atom. The summed E-state index contributed by atoms with van der Waals surface area (Å²) in [4.78, 5) is 0. The van der Waals surface area contributed by atoms with E-state index in [1.807, 2.05) is 24.3 Å². The van der Waals surface area contributed by atoms with Gasteiger partial charge in [0.05, 0.1) is 12.5 Å². The molecule has 0 saturated heterocycles. The zero-order valence-electron chi connectivity index (χ0n) is 11.9. The molecule has 1 saturated carbocycles. The van der Waals surface area contributed by atoms with Gasteiger partial charge in [0, 0.05) is 11.2 Å². The molecule has 20 heavy (non-hydrogen) atoms. The fourth-order valence-electron chi connectivity index (χ4n) is 2.69. The molecule has 3 nitrogen and oxygen atoms in total. The highest BCUT2D eigenvalue weighted by atomic mass is 32.1. The van der Waals surface area contributed by atoms with Gasteiger partial charge < -0.3 is 10.6 Å². The molecule has 106 valence electrons. The minimum Gasteiger partial charge on any atom is -0.357 e. The first-order chi connectivity index (χ1) is 9.61. The molecular weight excluding hydrogens is 266 g/mol. The Morgan fingerprint density at radius 2 is 1.90 bits per heavy atom. The number of benzene rings is 1. The summed E-state index contributed by atoms with van der Waals surface area (Å²) in [5.41, 5.74) is 2.11. The summed E-state index contributed by atoms with van der Waals surface area (Å²) in [6.45, 7) is 2.25. The summed E-state index contributed by atoms with van der Waals surface area (Å²) in [6, 6.07) is 9.98. The molecule has 1 aromatic rings. The Balaban J connectivity index is 1.89. The average molecular weight is 287 g/mol. The van der Waals surface area contributed by atoms with Crippen LogP contribution in [0.4, 0.5) is 5.69 Å². The molecule has 0 amide bonds. The molecule has 0 unspecified atom stereocenters. The lowest BCUT2D eigenvalue weighted by atomic mass is 9.83. The topological polar surface area (TPSA) is 47.8 Å². The molecule has 0 aliphatic heterocycles. The standard InChI is InChI=1S/C16H21N3S/c1-16(10-3-2-4-11-16)19-15(20)18-14-7-5-13(6-8-14)9-12-17/h5-8H,2-4,9-11H2,1H3,(H2,18,19,20). The summed E-state index contributed by atoms with van der Waals surface area (Å²) >= 11 is 5.40. The molecule has 0 heterocycles. The second-order valence-corrected chi connectivity index (χ2v) is 6.14. The molecule has 0 atom stereocenters. The number of anilines is 1. The van der Waals surface area contributed by atoms with Gasteiger partial charge in [0.15, 0.2) is 5.11 Å². The van der Waals surface area contributed by atoms with E-state index < -0.39 is 0 Å². The van der Waals surface area contributed by atoms with Crippen molar-refractivity contribution in [3.8, 4) is 6.07 Å². The Bertz CT molecular complexity index is 495. The molecule has 0 radical (unpaired) electrons. The molecule has 0 bridgehead atoms. The number of thiocarbonyl (C=S) groups is 1. The van der Waals surface area contributed by atoms with Crippen molar-refractivity contribution in [3.63, 3.8) is 0 Å². The highest BCUT2D eigenvalue weighted by Crippen LogP contribution is 2.27. The van der Waals surface area contributed by atoms with E-state index in [0.717, 1.165) is 11.3 Å². The fourth-order valence-corrected chi connectivity index (χ4v) is 3.06. The number of nitriles is 1. The summed E-state index contributed by atoms with van der Waals surface area (Å²) < 4.78 is 0. The van der Waals surface area contributed by atoms with Crippen molar-refractivity contribution in [1.82, 2.24) is 5.32 Å². The first-order valence-electron chi connectivity index (χ1n) is 7.16. The third-order valence-corrected chi connectivity index (χ3v) is 4.07. The van der Waals surface area contributed by atoms with E-state index in [-0.39, 0.29) is 5.54 Å². The van der Waals surface area contributed by atoms with Gasteiger partial charge in [-0.3, -0.25) is 0 Å². The molecular formula is C16H21N3S. The number of hydrogen-bond donors (Lipinski definition) is 2. The van der Waals surface area contributed by atoms with E-state index in [9.17, 15) is 0 Å². The van der Waals surface area contributed by atoms with E-state index in [4.69, 9.17) is 17.5 Å². The normalized spacial score (nSPS) is 17.0. The highest BCUT2D eigenvalue weighted by Gasteiger charge is 2.27. The molecule has 2 rings (SSSR count). The molecule has 1 fully saturated rings. The van der Waals surface area contributed by atoms with Gasteiger partial charge in [0.25, 0.3) is 0 Å². The van der Waals surface area contributed by atoms with Gasteiger partial charge in [-0.05, 0) is 49.7 Å². The van der Waals surface area contributed by atoms with Crippen LogP contribution in [0.25, 0.3) is 0 Å². The van der Waals surface area contributed by atoms with E-state index in [0.29, 0.717) is 11.5 Å². The number of nitrogens with zero attached hydrogens (tertiary/aromatic N) is 1. The Hall–Kier alpha value is -1.60. The minimum absolute atomic E-state index is 0.128. The van der Waals surface area contributed by atoms with Crippen LogP contribution in [0.1, 0.15) is 44.6 Å². The van der Waals surface area contributed by atoms with Crippen LogP contribution in [0.3, 0.4) is 0 Å². The second kappa shape index (κ2) is 6.71. The highest BCUT2D eigenvalue weighted by molar-refractivity contribution is 7.80. The summed E-state index contributed by atoms with van der Waals surface area (Å²) in [7, 11) is 0. The maximum atomic E-state index is 8.65. The zero-order chi connectivity index (χ0) is 14.4. The van der Waals surface area contributed by atoms with Crippen LogP contribution in [0.5, 0.6) is 0 Å². The van der Waals surface area contributed by atoms with Crippen LogP contribution in [0.15, 0.2) is 24.3 Å². The summed E-state index contributed by atoms with van der Waals surface area (Å²) in [5.74, 6) is 0. The first-order valence-corrected chi connectivity index (χ1v) is 7.57. The van der Waals surface area contributed by atoms with Crippen molar-refractivity contribution in [3.05, 3.63) is 29.8 Å². The van der Waals surface area contributed by atoms with Gasteiger partial charge in [0.2, 0.25) is 0 Å². The predicted octanol–water partition coefficient (Wildman–Crippen LogP) is 3.76. The predicted molar refractivity (Wildman–Crippen MR) is 86.6 cm³/mol. The van der Waals surface area contributed by atoms with Crippen molar-refractivity contribution in [2.75, 3.05) is 5.32 Å². The van der Waals surface area contributed by atoms with Crippen molar-refractivity contribution in [2.45, 2.75) is 51.0 Å². The van der Waals surface area contributed by atoms with Crippen LogP contribution in [0.2, 0.25) is 0 Å². The first kappa shape index (κ1) is 14.8. The Morgan fingerprint density at radius 3 is 2.50 bits per heavy atom. The third-order valence-electron chi connectivity index (χ3n) is 3.87. The number of rotatable bonds is 3. The molecule has 1 aliphatic rings. The third kappa shape index (κ3) is 4.21. The number of nitrogens with one attached hydrogen (secondary N) is 2. The smallest absolute Gasteiger partial charge is 0.171 e. The van der Waals surface area contributed by atoms with Crippen molar-refractivity contribution in [1.29, 1.82) is 5.26 Å². The van der Waals surface area contributed by atoms with E-state index in [2.05, 4.69) is 23.6 Å². The molecule has 1 aliphatic carbocycles. The molecule has 0 spiro atoms. The lowest BCUT2D eigenvalue weighted by Crippen LogP contribution is -2.48. The monoisotopic (exact) mass is 287 g/mol. The van der Waals surface area contributed by atoms with Crippen LogP contribution in [0, 0.1) is 11.3 Å². The van der Waals surface area contributed by atoms with Gasteiger partial charge >= 0.3 is 0 Å². The molecule has 0 aromatic heterocycles. The van der Waals surface area contributed by atoms with Gasteiger partial charge in [-0.2, -0.15) is 5.26 Å². The van der Waals surface area contributed by atoms with Crippen LogP contribution in [-0.2, 0) is 6.42 Å². The van der Waals surface area contributed by atoms with E-state index in [1.165, 1.54) is 32.1 Å². The van der Waals surface area contributed by atoms with Crippen LogP contribution in [-0.4, -0.2) is 10.7 Å². The SMILES string of the molecule is CC1(NC(=S)Nc2ccc(CC#N)cc2)CCCCC1. The van der Waals surface area contributed by atoms with Gasteiger partial charge in [-0.25, -0.2) is 0 Å². The maximum Gasteiger partial charge on any atom is 0.171 e. The quantitative estimate of drug-likeness (QED) is 0.831. The summed E-state index contributed by atoms with van der Waals surface area (Å²) in [5, 5.41) is 16.0. The van der Waals surface area contributed by atoms with Crippen molar-refractivity contribution in [2.24, 2.45) is 0 Å². The second-order valence-electron chi connectivity index (χ2n) is 5.73. The summed E-state index contributed by atoms with van der Waals surface area (Å²) in [6.07, 6.45) is 6.68. The van der Waals surface area contributed by atoms with Gasteiger partial charge in [-0.1, -0.05) is 31.4 Å². The average Bonchev–Trinajstić information content (AvgIpc) is 2.41. The Kier molecular flexibility index (Phi) is 4.97. The van der Waals surface area contributed by atoms with E-state index in [1.54, 1.807) is 0 Å². The lowest BCUT2D eigenvalue weighted by molar-refractivity contribution is 0.292. The van der Waals surface area contributed by atoms with Gasteiger partial charge in [-0.15, -0.1) is 0 Å². The lowest BCUT2D eigenvalue weighted by Gasteiger charge is -2.35. The molecule has 4 heteroatoms. The van der Waals surface area contributed by atoms with Crippen LogP contribution >= 0.6 is 12.2 Å². The largest absolute Gasteiger partial charge is 0.357 e. The van der Waals surface area contributed by atoms with Crippen LogP contribution < -0.4 is 10.6 Å². The zero-order valence-corrected chi connectivity index (χ0v) is 12.7. The van der Waals surface area contributed by atoms with Gasteiger partial charge in [0.1, 0.15) is 0 Å². The molecule has 2 N–H and O–H groups in total. The molecule has 1 aromatic carbocycles. The fraction of sp³-hybridized carbons (Fsp3) is 0.500. The van der Waals surface area contributed by atoms with Crippen molar-refractivity contribution >= 4 is 23.0 Å². The number of hydrogen-bond acceptors (Lipinski definition) is 2. The Labute approximate surface area is 126 Å². The maximum absolute atomic E-state index is 8.65. The van der Waals surface area contributed by atoms with Crippen molar-refractivity contribution < 1.29 is 0 Å². The van der Waals surface area contributed by atoms with E-state index >= 15 is 0 Å². The minimum atomic E-state index is 0.128.